The quantitative estimate of drug-likeness (QED) is 0.580. The van der Waals surface area contributed by atoms with Gasteiger partial charge >= 0.3 is 0 Å². The van der Waals surface area contributed by atoms with Crippen LogP contribution in [0.15, 0.2) is 59.1 Å². The van der Waals surface area contributed by atoms with E-state index in [0.29, 0.717) is 24.6 Å². The summed E-state index contributed by atoms with van der Waals surface area (Å²) in [5.74, 6) is 1.25. The molecule has 2 aromatic carbocycles. The fourth-order valence-electron chi connectivity index (χ4n) is 3.11. The molecule has 7 heteroatoms. The van der Waals surface area contributed by atoms with Crippen LogP contribution in [-0.4, -0.2) is 41.1 Å². The number of anilines is 1. The molecular weight excluding hydrogens is 418 g/mol. The Hall–Kier alpha value is -2.95. The van der Waals surface area contributed by atoms with Crippen molar-refractivity contribution in [3.05, 3.63) is 70.5 Å². The first kappa shape index (κ1) is 18.4. The highest BCUT2D eigenvalue weighted by molar-refractivity contribution is 9.10. The van der Waals surface area contributed by atoms with Crippen molar-refractivity contribution in [2.45, 2.75) is 0 Å². The van der Waals surface area contributed by atoms with Gasteiger partial charge in [0.2, 0.25) is 5.95 Å². The maximum Gasteiger partial charge on any atom is 0.232 e. The van der Waals surface area contributed by atoms with E-state index >= 15 is 0 Å². The van der Waals surface area contributed by atoms with Gasteiger partial charge in [-0.3, -0.25) is 4.57 Å². The average Bonchev–Trinajstić information content (AvgIpc) is 3.19. The van der Waals surface area contributed by atoms with Crippen LogP contribution in [0.25, 0.3) is 17.3 Å². The molecule has 28 heavy (non-hydrogen) atoms. The van der Waals surface area contributed by atoms with Gasteiger partial charge in [-0.2, -0.15) is 5.26 Å². The first-order valence-corrected chi connectivity index (χ1v) is 9.77. The maximum atomic E-state index is 9.84. The monoisotopic (exact) mass is 435 g/mol. The maximum absolute atomic E-state index is 9.84. The van der Waals surface area contributed by atoms with Crippen molar-refractivity contribution >= 4 is 33.5 Å². The van der Waals surface area contributed by atoms with Crippen LogP contribution in [0.5, 0.6) is 0 Å². The predicted molar refractivity (Wildman–Crippen MR) is 112 cm³/mol. The molecule has 4 rings (SSSR count). The van der Waals surface area contributed by atoms with Crippen LogP contribution in [0.1, 0.15) is 11.4 Å². The molecule has 0 aliphatic carbocycles. The van der Waals surface area contributed by atoms with Gasteiger partial charge in [0.25, 0.3) is 0 Å². The van der Waals surface area contributed by atoms with E-state index in [1.807, 2.05) is 65.2 Å². The molecule has 1 aliphatic heterocycles. The second kappa shape index (κ2) is 8.38. The molecule has 0 spiro atoms. The number of aromatic nitrogens is 3. The van der Waals surface area contributed by atoms with Gasteiger partial charge in [-0.05, 0) is 35.9 Å². The molecule has 0 N–H and O–H groups in total. The van der Waals surface area contributed by atoms with Gasteiger partial charge in [-0.15, -0.1) is 10.2 Å². The van der Waals surface area contributed by atoms with E-state index in [1.165, 1.54) is 0 Å². The van der Waals surface area contributed by atoms with E-state index < -0.39 is 0 Å². The SMILES string of the molecule is N#CC(=Cc1ccc(Br)cc1)c1nnc(N2CCOCC2)n1-c1ccccc1. The summed E-state index contributed by atoms with van der Waals surface area (Å²) < 4.78 is 8.40. The number of nitriles is 1. The minimum atomic E-state index is 0.457. The zero-order valence-electron chi connectivity index (χ0n) is 15.1. The average molecular weight is 436 g/mol. The molecule has 6 nitrogen and oxygen atoms in total. The van der Waals surface area contributed by atoms with Crippen LogP contribution in [0, 0.1) is 11.3 Å². The van der Waals surface area contributed by atoms with Crippen LogP contribution in [-0.2, 0) is 4.74 Å². The van der Waals surface area contributed by atoms with Gasteiger partial charge in [-0.25, -0.2) is 0 Å². The molecule has 0 amide bonds. The Balaban J connectivity index is 1.82. The lowest BCUT2D eigenvalue weighted by molar-refractivity contribution is 0.122. The third-order valence-corrected chi connectivity index (χ3v) is 5.03. The summed E-state index contributed by atoms with van der Waals surface area (Å²) in [4.78, 5) is 2.14. The molecular formula is C21H18BrN5O. The lowest BCUT2D eigenvalue weighted by Gasteiger charge is -2.28. The third kappa shape index (κ3) is 3.84. The molecule has 2 heterocycles. The van der Waals surface area contributed by atoms with Crippen LogP contribution in [0.4, 0.5) is 5.95 Å². The second-order valence-electron chi connectivity index (χ2n) is 6.32. The summed E-state index contributed by atoms with van der Waals surface area (Å²) in [6.07, 6.45) is 1.83. The van der Waals surface area contributed by atoms with Crippen LogP contribution >= 0.6 is 15.9 Å². The van der Waals surface area contributed by atoms with E-state index in [0.717, 1.165) is 34.8 Å². The highest BCUT2D eigenvalue weighted by Gasteiger charge is 2.23. The van der Waals surface area contributed by atoms with Crippen molar-refractivity contribution in [3.63, 3.8) is 0 Å². The van der Waals surface area contributed by atoms with Crippen LogP contribution in [0.3, 0.4) is 0 Å². The summed E-state index contributed by atoms with van der Waals surface area (Å²) in [7, 11) is 0. The molecule has 3 aromatic rings. The number of morpholine rings is 1. The predicted octanol–water partition coefficient (Wildman–Crippen LogP) is 3.93. The van der Waals surface area contributed by atoms with Crippen molar-refractivity contribution in [2.75, 3.05) is 31.2 Å². The van der Waals surface area contributed by atoms with Crippen LogP contribution < -0.4 is 4.90 Å². The van der Waals surface area contributed by atoms with Crippen molar-refractivity contribution in [1.29, 1.82) is 5.26 Å². The molecule has 0 radical (unpaired) electrons. The van der Waals surface area contributed by atoms with E-state index in [-0.39, 0.29) is 0 Å². The standard InChI is InChI=1S/C21H18BrN5O/c22-18-8-6-16(7-9-18)14-17(15-23)20-24-25-21(26-10-12-28-13-11-26)27(20)19-4-2-1-3-5-19/h1-9,14H,10-13H2. The van der Waals surface area contributed by atoms with Gasteiger partial charge in [0, 0.05) is 17.6 Å². The summed E-state index contributed by atoms with van der Waals surface area (Å²) >= 11 is 3.44. The molecule has 1 fully saturated rings. The summed E-state index contributed by atoms with van der Waals surface area (Å²) in [6, 6.07) is 20.0. The summed E-state index contributed by atoms with van der Waals surface area (Å²) in [6.45, 7) is 2.78. The third-order valence-electron chi connectivity index (χ3n) is 4.50. The highest BCUT2D eigenvalue weighted by Crippen LogP contribution is 2.26. The van der Waals surface area contributed by atoms with Crippen LogP contribution in [0.2, 0.25) is 0 Å². The number of hydrogen-bond donors (Lipinski definition) is 0. The van der Waals surface area contributed by atoms with E-state index in [4.69, 9.17) is 4.74 Å². The summed E-state index contributed by atoms with van der Waals surface area (Å²) in [5, 5.41) is 18.7. The van der Waals surface area contributed by atoms with Gasteiger partial charge in [0.15, 0.2) is 5.82 Å². The highest BCUT2D eigenvalue weighted by atomic mass is 79.9. The number of allylic oxidation sites excluding steroid dienone is 1. The summed E-state index contributed by atoms with van der Waals surface area (Å²) in [5.41, 5.74) is 2.30. The smallest absolute Gasteiger partial charge is 0.232 e. The topological polar surface area (TPSA) is 67.0 Å². The Morgan fingerprint density at radius 3 is 2.43 bits per heavy atom. The molecule has 140 valence electrons. The molecule has 1 saturated heterocycles. The van der Waals surface area contributed by atoms with Crippen molar-refractivity contribution in [2.24, 2.45) is 0 Å². The minimum Gasteiger partial charge on any atom is -0.378 e. The minimum absolute atomic E-state index is 0.457. The fourth-order valence-corrected chi connectivity index (χ4v) is 3.37. The number of hydrogen-bond acceptors (Lipinski definition) is 5. The van der Waals surface area contributed by atoms with E-state index in [1.54, 1.807) is 0 Å². The fraction of sp³-hybridized carbons (Fsp3) is 0.190. The zero-order chi connectivity index (χ0) is 19.3. The Bertz CT molecular complexity index is 1020. The van der Waals surface area contributed by atoms with Gasteiger partial charge < -0.3 is 9.64 Å². The second-order valence-corrected chi connectivity index (χ2v) is 7.23. The van der Waals surface area contributed by atoms with Crippen molar-refractivity contribution < 1.29 is 4.74 Å². The molecule has 0 atom stereocenters. The zero-order valence-corrected chi connectivity index (χ0v) is 16.7. The Morgan fingerprint density at radius 1 is 1.04 bits per heavy atom. The van der Waals surface area contributed by atoms with Gasteiger partial charge in [0.1, 0.15) is 6.07 Å². The number of benzene rings is 2. The first-order chi connectivity index (χ1) is 13.8. The number of rotatable bonds is 4. The molecule has 1 aliphatic rings. The Labute approximate surface area is 171 Å². The van der Waals surface area contributed by atoms with Crippen molar-refractivity contribution in [1.82, 2.24) is 14.8 Å². The van der Waals surface area contributed by atoms with Gasteiger partial charge in [-0.1, -0.05) is 46.3 Å². The molecule has 0 saturated carbocycles. The first-order valence-electron chi connectivity index (χ1n) is 8.97. The lowest BCUT2D eigenvalue weighted by Crippen LogP contribution is -2.38. The molecule has 1 aromatic heterocycles. The molecule has 0 bridgehead atoms. The normalized spacial score (nSPS) is 14.7. The van der Waals surface area contributed by atoms with E-state index in [9.17, 15) is 5.26 Å². The Morgan fingerprint density at radius 2 is 1.75 bits per heavy atom. The molecule has 0 unspecified atom stereocenters. The number of ether oxygens (including phenoxy) is 1. The number of nitrogens with zero attached hydrogens (tertiary/aromatic N) is 5. The van der Waals surface area contributed by atoms with Crippen molar-refractivity contribution in [3.8, 4) is 11.8 Å². The van der Waals surface area contributed by atoms with E-state index in [2.05, 4.69) is 37.1 Å². The number of halogens is 1. The Kier molecular flexibility index (Phi) is 5.51. The number of para-hydroxylation sites is 1. The van der Waals surface area contributed by atoms with Gasteiger partial charge in [0.05, 0.1) is 24.5 Å². The largest absolute Gasteiger partial charge is 0.378 e. The lowest BCUT2D eigenvalue weighted by atomic mass is 10.1.